The number of halogens is 3. The summed E-state index contributed by atoms with van der Waals surface area (Å²) in [5.74, 6) is -3.20. The maximum atomic E-state index is 13.4. The third kappa shape index (κ3) is 2.63. The van der Waals surface area contributed by atoms with Gasteiger partial charge in [0.25, 0.3) is 5.56 Å². The van der Waals surface area contributed by atoms with Crippen LogP contribution in [0.1, 0.15) is 55.2 Å². The fourth-order valence-electron chi connectivity index (χ4n) is 3.07. The second-order valence-corrected chi connectivity index (χ2v) is 5.91. The third-order valence-electron chi connectivity index (χ3n) is 4.21. The lowest BCUT2D eigenvalue weighted by atomic mass is 9.92. The number of carbonyl (C=O) groups is 2. The van der Waals surface area contributed by atoms with Crippen LogP contribution in [-0.2, 0) is 15.8 Å². The number of imide groups is 1. The number of carbonyl (C=O) groups excluding carboxylic acids is 2. The Bertz CT molecular complexity index is 811. The first-order valence-corrected chi connectivity index (χ1v) is 7.44. The van der Waals surface area contributed by atoms with Crippen molar-refractivity contribution in [2.75, 3.05) is 0 Å². The van der Waals surface area contributed by atoms with Crippen molar-refractivity contribution in [3.8, 4) is 0 Å². The van der Waals surface area contributed by atoms with Crippen molar-refractivity contribution < 1.29 is 22.8 Å². The molecule has 2 atom stereocenters. The van der Waals surface area contributed by atoms with E-state index in [0.29, 0.717) is 11.0 Å². The molecule has 6 nitrogen and oxygen atoms in total. The van der Waals surface area contributed by atoms with Crippen LogP contribution in [0.4, 0.5) is 13.2 Å². The molecule has 1 N–H and O–H groups in total. The zero-order chi connectivity index (χ0) is 17.6. The molecule has 0 saturated carbocycles. The first-order valence-electron chi connectivity index (χ1n) is 7.44. The Hall–Kier alpha value is -2.45. The summed E-state index contributed by atoms with van der Waals surface area (Å²) >= 11 is 0. The molecule has 1 saturated heterocycles. The Balaban J connectivity index is 2.26. The van der Waals surface area contributed by atoms with Gasteiger partial charge in [0, 0.05) is 12.0 Å². The number of hydrogen-bond donors (Lipinski definition) is 1. The van der Waals surface area contributed by atoms with Gasteiger partial charge in [-0.05, 0) is 24.8 Å². The summed E-state index contributed by atoms with van der Waals surface area (Å²) in [6.07, 6.45) is -1.64. The van der Waals surface area contributed by atoms with E-state index >= 15 is 0 Å². The number of nitrogens with one attached hydrogen (secondary N) is 1. The molecule has 1 aliphatic heterocycles. The minimum Gasteiger partial charge on any atom is -0.295 e. The Labute approximate surface area is 134 Å². The van der Waals surface area contributed by atoms with Crippen molar-refractivity contribution in [2.24, 2.45) is 0 Å². The van der Waals surface area contributed by atoms with Crippen molar-refractivity contribution in [3.63, 3.8) is 0 Å². The molecular formula is C15H14F3N3O3. The zero-order valence-corrected chi connectivity index (χ0v) is 12.7. The van der Waals surface area contributed by atoms with Crippen LogP contribution in [0, 0.1) is 0 Å². The molecule has 1 aromatic rings. The number of amides is 2. The molecule has 0 bridgehead atoms. The van der Waals surface area contributed by atoms with Gasteiger partial charge >= 0.3 is 6.18 Å². The summed E-state index contributed by atoms with van der Waals surface area (Å²) in [6.45, 7) is 1.72. The molecule has 9 heteroatoms. The summed E-state index contributed by atoms with van der Waals surface area (Å²) in [5.41, 5.74) is -0.733. The van der Waals surface area contributed by atoms with Gasteiger partial charge in [-0.25, -0.2) is 4.98 Å². The third-order valence-corrected chi connectivity index (χ3v) is 4.21. The highest BCUT2D eigenvalue weighted by Gasteiger charge is 2.42. The maximum absolute atomic E-state index is 13.4. The fourth-order valence-corrected chi connectivity index (χ4v) is 3.07. The summed E-state index contributed by atoms with van der Waals surface area (Å²) in [6, 6.07) is -1.40. The Morgan fingerprint density at radius 1 is 1.29 bits per heavy atom. The van der Waals surface area contributed by atoms with E-state index in [9.17, 15) is 27.6 Å². The van der Waals surface area contributed by atoms with Crippen molar-refractivity contribution in [3.05, 3.63) is 33.5 Å². The van der Waals surface area contributed by atoms with E-state index in [1.165, 1.54) is 6.08 Å². The van der Waals surface area contributed by atoms with E-state index in [4.69, 9.17) is 0 Å². The molecule has 1 fully saturated rings. The van der Waals surface area contributed by atoms with Crippen molar-refractivity contribution in [2.45, 2.75) is 44.3 Å². The highest BCUT2D eigenvalue weighted by molar-refractivity contribution is 5.99. The van der Waals surface area contributed by atoms with Crippen LogP contribution < -0.4 is 10.9 Å². The summed E-state index contributed by atoms with van der Waals surface area (Å²) in [5, 5.41) is 1.98. The lowest BCUT2D eigenvalue weighted by Crippen LogP contribution is -2.47. The SMILES string of the molecule is CC1CC=Cc2nc(C(F)(F)F)n(C3CCC(=O)NC3=O)c(=O)c21. The first-order chi connectivity index (χ1) is 11.2. The highest BCUT2D eigenvalue weighted by atomic mass is 19.4. The smallest absolute Gasteiger partial charge is 0.295 e. The van der Waals surface area contributed by atoms with Crippen LogP contribution in [0.15, 0.2) is 10.9 Å². The molecule has 1 aromatic heterocycles. The molecule has 2 unspecified atom stereocenters. The highest BCUT2D eigenvalue weighted by Crippen LogP contribution is 2.33. The Kier molecular flexibility index (Phi) is 3.81. The summed E-state index contributed by atoms with van der Waals surface area (Å²) in [4.78, 5) is 39.6. The molecule has 2 heterocycles. The van der Waals surface area contributed by atoms with Gasteiger partial charge in [0.2, 0.25) is 17.6 Å². The number of alkyl halides is 3. The molecular weight excluding hydrogens is 327 g/mol. The number of nitrogens with zero attached hydrogens (tertiary/aromatic N) is 2. The normalized spacial score (nSPS) is 23.8. The lowest BCUT2D eigenvalue weighted by molar-refractivity contribution is -0.150. The molecule has 3 rings (SSSR count). The second kappa shape index (κ2) is 5.57. The van der Waals surface area contributed by atoms with Gasteiger partial charge in [0.15, 0.2) is 0 Å². The average Bonchev–Trinajstić information content (AvgIpc) is 2.47. The predicted octanol–water partition coefficient (Wildman–Crippen LogP) is 1.76. The Morgan fingerprint density at radius 2 is 2.00 bits per heavy atom. The minimum atomic E-state index is -4.90. The molecule has 2 aliphatic rings. The van der Waals surface area contributed by atoms with Crippen molar-refractivity contribution in [1.82, 2.24) is 14.9 Å². The van der Waals surface area contributed by atoms with E-state index in [0.717, 1.165) is 0 Å². The number of hydrogen-bond acceptors (Lipinski definition) is 4. The quantitative estimate of drug-likeness (QED) is 0.789. The number of aromatic nitrogens is 2. The van der Waals surface area contributed by atoms with Gasteiger partial charge in [0.1, 0.15) is 6.04 Å². The van der Waals surface area contributed by atoms with Gasteiger partial charge in [0.05, 0.1) is 5.69 Å². The fraction of sp³-hybridized carbons (Fsp3) is 0.467. The standard InChI is InChI=1S/C15H14F3N3O3/c1-7-3-2-4-8-11(7)13(24)21(14(19-8)15(16,17)18)9-5-6-10(22)20-12(9)23/h2,4,7,9H,3,5-6H2,1H3,(H,20,22,23). The van der Waals surface area contributed by atoms with Crippen LogP contribution in [0.3, 0.4) is 0 Å². The Morgan fingerprint density at radius 3 is 2.62 bits per heavy atom. The predicted molar refractivity (Wildman–Crippen MR) is 77.0 cm³/mol. The molecule has 0 spiro atoms. The monoisotopic (exact) mass is 341 g/mol. The molecule has 24 heavy (non-hydrogen) atoms. The van der Waals surface area contributed by atoms with E-state index in [-0.39, 0.29) is 30.0 Å². The molecule has 1 aliphatic carbocycles. The number of allylic oxidation sites excluding steroid dienone is 1. The molecule has 0 radical (unpaired) electrons. The van der Waals surface area contributed by atoms with Gasteiger partial charge in [-0.3, -0.25) is 24.3 Å². The summed E-state index contributed by atoms with van der Waals surface area (Å²) < 4.78 is 40.6. The van der Waals surface area contributed by atoms with Gasteiger partial charge in [-0.2, -0.15) is 13.2 Å². The van der Waals surface area contributed by atoms with Crippen LogP contribution >= 0.6 is 0 Å². The molecule has 0 aromatic carbocycles. The number of fused-ring (bicyclic) bond motifs is 1. The second-order valence-electron chi connectivity index (χ2n) is 5.91. The number of rotatable bonds is 1. The van der Waals surface area contributed by atoms with E-state index < -0.39 is 35.4 Å². The van der Waals surface area contributed by atoms with Crippen LogP contribution in [0.5, 0.6) is 0 Å². The number of piperidine rings is 1. The summed E-state index contributed by atoms with van der Waals surface area (Å²) in [7, 11) is 0. The van der Waals surface area contributed by atoms with Crippen LogP contribution in [-0.4, -0.2) is 21.4 Å². The van der Waals surface area contributed by atoms with Crippen LogP contribution in [0.2, 0.25) is 0 Å². The maximum Gasteiger partial charge on any atom is 0.449 e. The topological polar surface area (TPSA) is 81.1 Å². The van der Waals surface area contributed by atoms with Gasteiger partial charge in [-0.15, -0.1) is 0 Å². The minimum absolute atomic E-state index is 0.0189. The van der Waals surface area contributed by atoms with Gasteiger partial charge < -0.3 is 0 Å². The lowest BCUT2D eigenvalue weighted by Gasteiger charge is -2.28. The van der Waals surface area contributed by atoms with Crippen molar-refractivity contribution >= 4 is 17.9 Å². The van der Waals surface area contributed by atoms with E-state index in [1.807, 2.05) is 5.32 Å². The van der Waals surface area contributed by atoms with E-state index in [2.05, 4.69) is 4.98 Å². The van der Waals surface area contributed by atoms with Crippen molar-refractivity contribution in [1.29, 1.82) is 0 Å². The average molecular weight is 341 g/mol. The molecule has 2 amide bonds. The zero-order valence-electron chi connectivity index (χ0n) is 12.7. The van der Waals surface area contributed by atoms with Gasteiger partial charge in [-0.1, -0.05) is 13.0 Å². The first kappa shape index (κ1) is 16.4. The largest absolute Gasteiger partial charge is 0.449 e. The molecule has 128 valence electrons. The van der Waals surface area contributed by atoms with Crippen LogP contribution in [0.25, 0.3) is 6.08 Å². The van der Waals surface area contributed by atoms with E-state index in [1.54, 1.807) is 13.0 Å².